The standard InChI is InChI=1S/C20H15ClN6O5/c1-2-12-9-18(28)24-20(22-12)26-17(10-14(25-26)16-4-3-7-32-16)23-19(29)11-5-6-13(21)15(8-11)27(30)31/h3-10H,2H2,1H3,(H,23,29)(H,22,24,28). The van der Waals surface area contributed by atoms with E-state index in [2.05, 4.69) is 20.4 Å². The molecule has 4 aromatic rings. The molecule has 0 radical (unpaired) electrons. The van der Waals surface area contributed by atoms with Gasteiger partial charge in [0.05, 0.1) is 11.2 Å². The fourth-order valence-electron chi connectivity index (χ4n) is 2.93. The number of halogens is 1. The van der Waals surface area contributed by atoms with Gasteiger partial charge in [0.1, 0.15) is 16.5 Å². The van der Waals surface area contributed by atoms with Crippen LogP contribution in [0, 0.1) is 10.1 Å². The monoisotopic (exact) mass is 454 g/mol. The van der Waals surface area contributed by atoms with Gasteiger partial charge in [0, 0.05) is 29.5 Å². The molecule has 2 N–H and O–H groups in total. The van der Waals surface area contributed by atoms with Gasteiger partial charge in [-0.1, -0.05) is 18.5 Å². The van der Waals surface area contributed by atoms with E-state index in [0.717, 1.165) is 6.07 Å². The second-order valence-electron chi connectivity index (χ2n) is 6.60. The van der Waals surface area contributed by atoms with E-state index in [9.17, 15) is 19.7 Å². The molecule has 11 nitrogen and oxygen atoms in total. The number of nitro benzene ring substituents is 1. The molecule has 1 aromatic carbocycles. The van der Waals surface area contributed by atoms with Crippen LogP contribution in [0.4, 0.5) is 11.5 Å². The minimum absolute atomic E-state index is 0.0113. The fraction of sp³-hybridized carbons (Fsp3) is 0.100. The van der Waals surface area contributed by atoms with Crippen molar-refractivity contribution in [3.63, 3.8) is 0 Å². The van der Waals surface area contributed by atoms with Gasteiger partial charge in [-0.25, -0.2) is 4.98 Å². The summed E-state index contributed by atoms with van der Waals surface area (Å²) in [6.07, 6.45) is 1.98. The molecule has 0 aliphatic rings. The number of hydrogen-bond donors (Lipinski definition) is 2. The van der Waals surface area contributed by atoms with E-state index < -0.39 is 16.5 Å². The second kappa shape index (κ2) is 8.47. The molecule has 0 spiro atoms. The molecule has 0 fully saturated rings. The molecule has 0 aliphatic heterocycles. The maximum atomic E-state index is 12.8. The van der Waals surface area contributed by atoms with Gasteiger partial charge in [0.2, 0.25) is 5.95 Å². The lowest BCUT2D eigenvalue weighted by atomic mass is 10.2. The van der Waals surface area contributed by atoms with Crippen LogP contribution in [-0.4, -0.2) is 30.6 Å². The summed E-state index contributed by atoms with van der Waals surface area (Å²) < 4.78 is 6.62. The number of benzene rings is 1. The maximum absolute atomic E-state index is 12.8. The van der Waals surface area contributed by atoms with Gasteiger partial charge in [0.15, 0.2) is 5.76 Å². The third kappa shape index (κ3) is 4.14. The van der Waals surface area contributed by atoms with E-state index in [4.69, 9.17) is 16.0 Å². The molecule has 32 heavy (non-hydrogen) atoms. The molecule has 0 saturated heterocycles. The van der Waals surface area contributed by atoms with Crippen LogP contribution in [-0.2, 0) is 6.42 Å². The number of furan rings is 1. The van der Waals surface area contributed by atoms with Crippen molar-refractivity contribution in [1.82, 2.24) is 19.7 Å². The van der Waals surface area contributed by atoms with Crippen molar-refractivity contribution < 1.29 is 14.1 Å². The quantitative estimate of drug-likeness (QED) is 0.334. The number of carbonyl (C=O) groups is 1. The van der Waals surface area contributed by atoms with Crippen molar-refractivity contribution in [2.75, 3.05) is 5.32 Å². The molecule has 0 unspecified atom stereocenters. The van der Waals surface area contributed by atoms with Crippen LogP contribution in [0.3, 0.4) is 0 Å². The predicted octanol–water partition coefficient (Wildman–Crippen LogP) is 3.59. The Morgan fingerprint density at radius 2 is 2.12 bits per heavy atom. The summed E-state index contributed by atoms with van der Waals surface area (Å²) in [6, 6.07) is 9.95. The number of amides is 1. The number of nitro groups is 1. The Balaban J connectivity index is 1.77. The first-order chi connectivity index (χ1) is 15.4. The summed E-state index contributed by atoms with van der Waals surface area (Å²) in [7, 11) is 0. The van der Waals surface area contributed by atoms with Gasteiger partial charge in [-0.2, -0.15) is 9.78 Å². The van der Waals surface area contributed by atoms with Crippen molar-refractivity contribution in [3.8, 4) is 17.4 Å². The lowest BCUT2D eigenvalue weighted by molar-refractivity contribution is -0.384. The zero-order valence-corrected chi connectivity index (χ0v) is 17.3. The van der Waals surface area contributed by atoms with Crippen LogP contribution < -0.4 is 10.9 Å². The lowest BCUT2D eigenvalue weighted by Crippen LogP contribution is -2.19. The van der Waals surface area contributed by atoms with Gasteiger partial charge in [-0.3, -0.25) is 24.7 Å². The SMILES string of the molecule is CCc1cc(=O)[nH]c(-n2nc(-c3ccco3)cc2NC(=O)c2ccc(Cl)c([N+](=O)[O-])c2)n1. The second-order valence-corrected chi connectivity index (χ2v) is 7.00. The molecular formula is C20H15ClN6O5. The Bertz CT molecular complexity index is 1380. The van der Waals surface area contributed by atoms with Gasteiger partial charge in [-0.15, -0.1) is 0 Å². The van der Waals surface area contributed by atoms with Crippen LogP contribution in [0.2, 0.25) is 5.02 Å². The number of H-pyrrole nitrogens is 1. The summed E-state index contributed by atoms with van der Waals surface area (Å²) in [6.45, 7) is 1.85. The van der Waals surface area contributed by atoms with Crippen molar-refractivity contribution in [2.45, 2.75) is 13.3 Å². The average Bonchev–Trinajstić information content (AvgIpc) is 3.43. The summed E-state index contributed by atoms with van der Waals surface area (Å²) in [5, 5.41) is 18.1. The first-order valence-electron chi connectivity index (χ1n) is 9.35. The normalized spacial score (nSPS) is 10.8. The average molecular weight is 455 g/mol. The third-order valence-corrected chi connectivity index (χ3v) is 4.79. The maximum Gasteiger partial charge on any atom is 0.288 e. The van der Waals surface area contributed by atoms with E-state index in [1.54, 1.807) is 12.1 Å². The van der Waals surface area contributed by atoms with Crippen LogP contribution in [0.25, 0.3) is 17.4 Å². The van der Waals surface area contributed by atoms with Crippen LogP contribution in [0.5, 0.6) is 0 Å². The topological polar surface area (TPSA) is 149 Å². The molecular weight excluding hydrogens is 440 g/mol. The molecule has 0 aliphatic carbocycles. The largest absolute Gasteiger partial charge is 0.463 e. The first-order valence-corrected chi connectivity index (χ1v) is 9.73. The smallest absolute Gasteiger partial charge is 0.288 e. The lowest BCUT2D eigenvalue weighted by Gasteiger charge is -2.09. The molecule has 3 aromatic heterocycles. The Hall–Kier alpha value is -4.25. The van der Waals surface area contributed by atoms with E-state index in [1.807, 2.05) is 6.92 Å². The van der Waals surface area contributed by atoms with E-state index in [-0.39, 0.29) is 27.9 Å². The zero-order valence-electron chi connectivity index (χ0n) is 16.5. The molecule has 162 valence electrons. The minimum Gasteiger partial charge on any atom is -0.463 e. The van der Waals surface area contributed by atoms with Crippen LogP contribution in [0.1, 0.15) is 23.0 Å². The van der Waals surface area contributed by atoms with Crippen molar-refractivity contribution >= 4 is 29.0 Å². The number of rotatable bonds is 6. The van der Waals surface area contributed by atoms with Crippen molar-refractivity contribution in [1.29, 1.82) is 0 Å². The highest BCUT2D eigenvalue weighted by Crippen LogP contribution is 2.27. The summed E-state index contributed by atoms with van der Waals surface area (Å²) >= 11 is 5.83. The Morgan fingerprint density at radius 1 is 1.31 bits per heavy atom. The minimum atomic E-state index is -0.677. The number of anilines is 1. The highest BCUT2D eigenvalue weighted by molar-refractivity contribution is 6.32. The third-order valence-electron chi connectivity index (χ3n) is 4.47. The molecule has 0 atom stereocenters. The Kier molecular flexibility index (Phi) is 5.56. The van der Waals surface area contributed by atoms with Crippen LogP contribution in [0.15, 0.2) is 57.9 Å². The number of aromatic amines is 1. The summed E-state index contributed by atoms with van der Waals surface area (Å²) in [4.78, 5) is 42.3. The number of aryl methyl sites for hydroxylation is 1. The van der Waals surface area contributed by atoms with Gasteiger partial charge in [0.25, 0.3) is 17.2 Å². The Morgan fingerprint density at radius 3 is 2.81 bits per heavy atom. The predicted molar refractivity (Wildman–Crippen MR) is 115 cm³/mol. The molecule has 0 bridgehead atoms. The molecule has 12 heteroatoms. The van der Waals surface area contributed by atoms with Gasteiger partial charge < -0.3 is 9.73 Å². The van der Waals surface area contributed by atoms with Crippen molar-refractivity contribution in [2.24, 2.45) is 0 Å². The highest BCUT2D eigenvalue weighted by atomic mass is 35.5. The number of carbonyl (C=O) groups excluding carboxylic acids is 1. The highest BCUT2D eigenvalue weighted by Gasteiger charge is 2.20. The summed E-state index contributed by atoms with van der Waals surface area (Å²) in [5.41, 5.74) is 0.136. The van der Waals surface area contributed by atoms with Gasteiger partial charge in [-0.05, 0) is 30.7 Å². The Labute approximate surface area is 184 Å². The van der Waals surface area contributed by atoms with Crippen molar-refractivity contribution in [3.05, 3.63) is 85.5 Å². The number of nitrogens with one attached hydrogen (secondary N) is 2. The molecule has 1 amide bonds. The zero-order chi connectivity index (χ0) is 22.8. The molecule has 4 rings (SSSR count). The van der Waals surface area contributed by atoms with E-state index in [1.165, 1.54) is 35.2 Å². The number of aromatic nitrogens is 4. The number of nitrogens with zero attached hydrogens (tertiary/aromatic N) is 4. The van der Waals surface area contributed by atoms with Crippen LogP contribution >= 0.6 is 11.6 Å². The molecule has 0 saturated carbocycles. The summed E-state index contributed by atoms with van der Waals surface area (Å²) in [5.74, 6) is 0.0289. The first kappa shape index (κ1) is 21.0. The molecule has 3 heterocycles. The number of hydrogen-bond acceptors (Lipinski definition) is 7. The van der Waals surface area contributed by atoms with E-state index in [0.29, 0.717) is 23.6 Å². The van der Waals surface area contributed by atoms with E-state index >= 15 is 0 Å². The van der Waals surface area contributed by atoms with Gasteiger partial charge >= 0.3 is 0 Å². The fourth-order valence-corrected chi connectivity index (χ4v) is 3.12.